The summed E-state index contributed by atoms with van der Waals surface area (Å²) >= 11 is 0. The topological polar surface area (TPSA) is 30.9 Å². The van der Waals surface area contributed by atoms with Crippen molar-refractivity contribution in [3.05, 3.63) is 0 Å². The molecule has 6 heteroatoms. The first-order valence-corrected chi connectivity index (χ1v) is 16.0. The fourth-order valence-electron chi connectivity index (χ4n) is 4.51. The van der Waals surface area contributed by atoms with Crippen molar-refractivity contribution in [2.75, 3.05) is 41.0 Å². The molecule has 0 aliphatic rings. The number of halogens is 1. The van der Waals surface area contributed by atoms with Gasteiger partial charge < -0.3 is 18.2 Å². The second-order valence-corrected chi connectivity index (χ2v) is 12.6. The fraction of sp³-hybridized carbons (Fsp3) is 1.00. The first-order valence-electron chi connectivity index (χ1n) is 14.1. The maximum absolute atomic E-state index is 5.58. The van der Waals surface area contributed by atoms with Gasteiger partial charge in [-0.1, -0.05) is 104 Å². The van der Waals surface area contributed by atoms with Crippen molar-refractivity contribution in [2.45, 2.75) is 135 Å². The molecular weight excluding hydrogens is 450 g/mol. The van der Waals surface area contributed by atoms with Crippen LogP contribution in [0.3, 0.4) is 0 Å². The molecule has 0 aliphatic carbocycles. The summed E-state index contributed by atoms with van der Waals surface area (Å²) in [5, 5.41) is 0. The lowest BCUT2D eigenvalue weighted by Crippen LogP contribution is -2.42. The van der Waals surface area contributed by atoms with Gasteiger partial charge in [0.2, 0.25) is 0 Å². The van der Waals surface area contributed by atoms with Crippen LogP contribution in [0.4, 0.5) is 0 Å². The van der Waals surface area contributed by atoms with E-state index < -0.39 is 8.80 Å². The van der Waals surface area contributed by atoms with Crippen molar-refractivity contribution in [1.82, 2.24) is 4.90 Å². The van der Waals surface area contributed by atoms with Crippen LogP contribution in [0.25, 0.3) is 0 Å². The Labute approximate surface area is 215 Å². The lowest BCUT2D eigenvalue weighted by Gasteiger charge is -2.26. The lowest BCUT2D eigenvalue weighted by atomic mass is 10.1. The predicted molar refractivity (Wildman–Crippen MR) is 150 cm³/mol. The highest BCUT2D eigenvalue weighted by Gasteiger charge is 2.36. The molecule has 0 spiro atoms. The predicted octanol–water partition coefficient (Wildman–Crippen LogP) is 8.65. The molecule has 0 aromatic rings. The van der Waals surface area contributed by atoms with E-state index in [1.54, 1.807) is 21.3 Å². The monoisotopic (exact) mass is 509 g/mol. The van der Waals surface area contributed by atoms with Crippen LogP contribution in [0.5, 0.6) is 0 Å². The third kappa shape index (κ3) is 21.4. The highest BCUT2D eigenvalue weighted by Crippen LogP contribution is 2.17. The normalized spacial score (nSPS) is 11.8. The van der Waals surface area contributed by atoms with Crippen LogP contribution < -0.4 is 0 Å². The van der Waals surface area contributed by atoms with Crippen LogP contribution in [0, 0.1) is 0 Å². The minimum Gasteiger partial charge on any atom is -0.377 e. The summed E-state index contributed by atoms with van der Waals surface area (Å²) in [4.78, 5) is 2.73. The quantitative estimate of drug-likeness (QED) is 0.0861. The van der Waals surface area contributed by atoms with Gasteiger partial charge in [-0.25, -0.2) is 0 Å². The average molecular weight is 510 g/mol. The van der Waals surface area contributed by atoms with Crippen LogP contribution in [0.2, 0.25) is 6.04 Å². The Morgan fingerprint density at radius 1 is 0.455 bits per heavy atom. The highest BCUT2D eigenvalue weighted by molar-refractivity contribution is 6.60. The summed E-state index contributed by atoms with van der Waals surface area (Å²) in [5.41, 5.74) is 0. The van der Waals surface area contributed by atoms with Crippen molar-refractivity contribution in [1.29, 1.82) is 0 Å². The second kappa shape index (κ2) is 26.9. The molecule has 0 aromatic heterocycles. The molecule has 0 unspecified atom stereocenters. The van der Waals surface area contributed by atoms with Gasteiger partial charge in [0.05, 0.1) is 0 Å². The Hall–Kier alpha value is 0.347. The summed E-state index contributed by atoms with van der Waals surface area (Å²) in [5.74, 6) is 0. The maximum Gasteiger partial charge on any atom is 0.500 e. The van der Waals surface area contributed by atoms with Crippen LogP contribution in [0.15, 0.2) is 0 Å². The van der Waals surface area contributed by atoms with Gasteiger partial charge in [-0.2, -0.15) is 0 Å². The fourth-order valence-corrected chi connectivity index (χ4v) is 6.30. The van der Waals surface area contributed by atoms with Gasteiger partial charge in [-0.05, 0) is 45.3 Å². The molecule has 0 N–H and O–H groups in total. The molecule has 0 fully saturated rings. The SMILES string of the molecule is CCCCCCCCCCN(CCCCCCCCCC)CCCC[Si](OC)(OC)OC.Cl. The second-order valence-electron chi connectivity index (χ2n) is 9.54. The van der Waals surface area contributed by atoms with Crippen molar-refractivity contribution in [3.63, 3.8) is 0 Å². The van der Waals surface area contributed by atoms with Gasteiger partial charge in [0.1, 0.15) is 0 Å². The Balaban J connectivity index is 0. The first kappa shape index (κ1) is 35.5. The van der Waals surface area contributed by atoms with Gasteiger partial charge >= 0.3 is 8.80 Å². The van der Waals surface area contributed by atoms with Crippen molar-refractivity contribution in [2.24, 2.45) is 0 Å². The number of rotatable bonds is 26. The Morgan fingerprint density at radius 3 is 1.09 bits per heavy atom. The average Bonchev–Trinajstić information content (AvgIpc) is 2.82. The van der Waals surface area contributed by atoms with Gasteiger partial charge in [0.15, 0.2) is 0 Å². The lowest BCUT2D eigenvalue weighted by molar-refractivity contribution is 0.122. The van der Waals surface area contributed by atoms with E-state index in [1.807, 2.05) is 0 Å². The molecule has 4 nitrogen and oxygen atoms in total. The zero-order valence-corrected chi connectivity index (χ0v) is 25.0. The van der Waals surface area contributed by atoms with Crippen molar-refractivity contribution >= 4 is 21.2 Å². The molecule has 0 aromatic carbocycles. The molecule has 0 rings (SSSR count). The third-order valence-corrected chi connectivity index (χ3v) is 9.63. The molecule has 202 valence electrons. The smallest absolute Gasteiger partial charge is 0.377 e. The van der Waals surface area contributed by atoms with E-state index in [1.165, 1.54) is 129 Å². The molecule has 0 bridgehead atoms. The highest BCUT2D eigenvalue weighted by atomic mass is 35.5. The maximum atomic E-state index is 5.58. The van der Waals surface area contributed by atoms with Crippen molar-refractivity contribution in [3.8, 4) is 0 Å². The molecule has 0 amide bonds. The largest absolute Gasteiger partial charge is 0.500 e. The van der Waals surface area contributed by atoms with Crippen LogP contribution in [0.1, 0.15) is 129 Å². The molecule has 0 atom stereocenters. The summed E-state index contributed by atoms with van der Waals surface area (Å²) in [7, 11) is 2.75. The van der Waals surface area contributed by atoms with Gasteiger partial charge in [0.25, 0.3) is 0 Å². The molecule has 0 aliphatic heterocycles. The number of nitrogens with zero attached hydrogens (tertiary/aromatic N) is 1. The zero-order chi connectivity index (χ0) is 23.8. The molecule has 33 heavy (non-hydrogen) atoms. The van der Waals surface area contributed by atoms with Crippen molar-refractivity contribution < 1.29 is 13.3 Å². The summed E-state index contributed by atoms with van der Waals surface area (Å²) in [6.07, 6.45) is 24.7. The Morgan fingerprint density at radius 2 is 0.758 bits per heavy atom. The molecular formula is C27H60ClNO3Si. The third-order valence-electron chi connectivity index (χ3n) is 6.80. The van der Waals surface area contributed by atoms with Gasteiger partial charge in [0, 0.05) is 27.4 Å². The van der Waals surface area contributed by atoms with Crippen LogP contribution in [-0.4, -0.2) is 54.7 Å². The van der Waals surface area contributed by atoms with E-state index in [0.717, 1.165) is 12.5 Å². The Bertz CT molecular complexity index is 345. The Kier molecular flexibility index (Phi) is 29.0. The summed E-state index contributed by atoms with van der Waals surface area (Å²) in [6, 6.07) is 0.917. The number of unbranched alkanes of at least 4 members (excludes halogenated alkanes) is 15. The molecule has 0 saturated heterocycles. The van der Waals surface area contributed by atoms with Crippen LogP contribution in [-0.2, 0) is 13.3 Å². The minimum atomic E-state index is -2.41. The van der Waals surface area contributed by atoms with Gasteiger partial charge in [-0.3, -0.25) is 0 Å². The molecule has 0 heterocycles. The van der Waals surface area contributed by atoms with E-state index in [0.29, 0.717) is 0 Å². The summed E-state index contributed by atoms with van der Waals surface area (Å²) in [6.45, 7) is 8.33. The standard InChI is InChI=1S/C27H59NO3Si.ClH/c1-6-8-10-12-14-16-18-20-24-28(25-21-19-17-15-13-11-9-7-2)26-22-23-27-32(29-3,30-4)31-5;/h6-27H2,1-5H3;1H. The summed E-state index contributed by atoms with van der Waals surface area (Å²) < 4.78 is 16.7. The molecule has 0 saturated carbocycles. The zero-order valence-electron chi connectivity index (χ0n) is 23.1. The van der Waals surface area contributed by atoms with E-state index in [-0.39, 0.29) is 12.4 Å². The number of hydrogen-bond acceptors (Lipinski definition) is 4. The minimum absolute atomic E-state index is 0. The first-order chi connectivity index (χ1) is 15.7. The van der Waals surface area contributed by atoms with Crippen LogP contribution >= 0.6 is 12.4 Å². The molecule has 0 radical (unpaired) electrons. The number of hydrogen-bond donors (Lipinski definition) is 0. The van der Waals surface area contributed by atoms with E-state index in [4.69, 9.17) is 13.3 Å². The van der Waals surface area contributed by atoms with E-state index in [9.17, 15) is 0 Å². The van der Waals surface area contributed by atoms with E-state index in [2.05, 4.69) is 18.7 Å². The van der Waals surface area contributed by atoms with E-state index >= 15 is 0 Å². The van der Waals surface area contributed by atoms with Gasteiger partial charge in [-0.15, -0.1) is 12.4 Å².